The number of carbonyl (C=O) groups is 2. The van der Waals surface area contributed by atoms with Crippen molar-refractivity contribution in [2.24, 2.45) is 5.92 Å². The molecular weight excluding hydrogens is 723 g/mol. The van der Waals surface area contributed by atoms with Crippen molar-refractivity contribution < 1.29 is 52.9 Å². The smallest absolute Gasteiger partial charge is 0.462 e. The van der Waals surface area contributed by atoms with Crippen LogP contribution < -0.4 is 0 Å². The molecule has 0 bridgehead atoms. The van der Waals surface area contributed by atoms with Gasteiger partial charge < -0.3 is 29.7 Å². The van der Waals surface area contributed by atoms with Crippen molar-refractivity contribution in [2.45, 2.75) is 180 Å². The van der Waals surface area contributed by atoms with E-state index in [4.69, 9.17) is 19.1 Å². The Labute approximate surface area is 333 Å². The van der Waals surface area contributed by atoms with Crippen LogP contribution in [0.1, 0.15) is 162 Å². The summed E-state index contributed by atoms with van der Waals surface area (Å²) in [5, 5.41) is 28.4. The summed E-state index contributed by atoms with van der Waals surface area (Å²) < 4.78 is 32.6. The molecule has 0 aliphatic carbocycles. The Morgan fingerprint density at radius 3 is 1.98 bits per heavy atom. The van der Waals surface area contributed by atoms with Gasteiger partial charge >= 0.3 is 19.8 Å². The fourth-order valence-corrected chi connectivity index (χ4v) is 6.18. The molecule has 0 aromatic heterocycles. The molecule has 11 nitrogen and oxygen atoms in total. The first-order chi connectivity index (χ1) is 26.5. The van der Waals surface area contributed by atoms with Crippen molar-refractivity contribution in [3.8, 4) is 0 Å². The quantitative estimate of drug-likeness (QED) is 0.0154. The van der Waals surface area contributed by atoms with E-state index in [1.54, 1.807) is 6.08 Å². The van der Waals surface area contributed by atoms with Crippen LogP contribution in [0.15, 0.2) is 48.6 Å². The Balaban J connectivity index is 4.48. The first-order valence-electron chi connectivity index (χ1n) is 21.1. The number of ether oxygens (including phenoxy) is 2. The van der Waals surface area contributed by atoms with Crippen molar-refractivity contribution in [3.05, 3.63) is 48.6 Å². The van der Waals surface area contributed by atoms with Gasteiger partial charge in [0.1, 0.15) is 12.7 Å². The lowest BCUT2D eigenvalue weighted by atomic mass is 9.99. The maximum Gasteiger partial charge on any atom is 0.472 e. The first kappa shape index (κ1) is 52.9. The van der Waals surface area contributed by atoms with Crippen LogP contribution >= 0.6 is 7.82 Å². The van der Waals surface area contributed by atoms with E-state index >= 15 is 0 Å². The molecule has 0 rings (SSSR count). The van der Waals surface area contributed by atoms with E-state index in [2.05, 4.69) is 31.4 Å². The van der Waals surface area contributed by atoms with Gasteiger partial charge in [0, 0.05) is 12.8 Å². The molecule has 0 amide bonds. The van der Waals surface area contributed by atoms with Crippen molar-refractivity contribution in [1.82, 2.24) is 0 Å². The van der Waals surface area contributed by atoms with Gasteiger partial charge in [-0.05, 0) is 50.9 Å². The third kappa shape index (κ3) is 37.2. The second-order valence-electron chi connectivity index (χ2n) is 14.5. The summed E-state index contributed by atoms with van der Waals surface area (Å²) in [6, 6.07) is 0. The fourth-order valence-electron chi connectivity index (χ4n) is 5.39. The standard InChI is InChI=1S/C43H77O11P/c1-4-6-7-8-14-20-25-30-39(45)31-26-21-16-13-18-22-27-32-42(47)51-36-41(37-53-55(49,50)52-35-40(46)34-44)54-43(48)33-28-23-17-12-10-9-11-15-19-24-29-38(3)5-2/h13-14,18,20-21,25-26,30,38-41,44-46H,4-12,15-17,19,22-24,27-29,31-37H2,1-3H3,(H,49,50)/b18-13+,20-14-,26-21-,30-25-/t38?,39-,40+,41-/m1/s1. The zero-order valence-electron chi connectivity index (χ0n) is 34.4. The molecule has 0 aromatic rings. The molecule has 0 aliphatic heterocycles. The molecule has 0 radical (unpaired) electrons. The number of carbonyl (C=O) groups excluding carboxylic acids is 2. The number of esters is 2. The maximum absolute atomic E-state index is 12.6. The monoisotopic (exact) mass is 801 g/mol. The van der Waals surface area contributed by atoms with E-state index in [9.17, 15) is 29.3 Å². The predicted octanol–water partition coefficient (Wildman–Crippen LogP) is 9.77. The van der Waals surface area contributed by atoms with E-state index < -0.39 is 57.9 Å². The second kappa shape index (κ2) is 37.5. The zero-order valence-corrected chi connectivity index (χ0v) is 35.3. The van der Waals surface area contributed by atoms with Gasteiger partial charge in [0.25, 0.3) is 0 Å². The Kier molecular flexibility index (Phi) is 36.0. The fraction of sp³-hybridized carbons (Fsp3) is 0.767. The van der Waals surface area contributed by atoms with E-state index in [1.165, 1.54) is 70.6 Å². The molecule has 320 valence electrons. The van der Waals surface area contributed by atoms with Crippen LogP contribution in [0, 0.1) is 5.92 Å². The van der Waals surface area contributed by atoms with E-state index in [1.807, 2.05) is 36.5 Å². The highest BCUT2D eigenvalue weighted by Crippen LogP contribution is 2.43. The molecule has 5 atom stereocenters. The first-order valence-corrected chi connectivity index (χ1v) is 22.6. The summed E-state index contributed by atoms with van der Waals surface area (Å²) in [4.78, 5) is 34.9. The number of hydrogen-bond acceptors (Lipinski definition) is 10. The van der Waals surface area contributed by atoms with Crippen LogP contribution in [0.5, 0.6) is 0 Å². The molecule has 0 spiro atoms. The molecular formula is C43H77O11P. The van der Waals surface area contributed by atoms with Crippen LogP contribution in [-0.4, -0.2) is 76.9 Å². The molecule has 0 saturated heterocycles. The normalized spacial score (nSPS) is 15.5. The van der Waals surface area contributed by atoms with E-state index in [0.29, 0.717) is 32.1 Å². The minimum atomic E-state index is -4.64. The second-order valence-corrected chi connectivity index (χ2v) is 15.9. The molecule has 0 fully saturated rings. The molecule has 0 heterocycles. The maximum atomic E-state index is 12.6. The largest absolute Gasteiger partial charge is 0.472 e. The number of aliphatic hydroxyl groups is 3. The van der Waals surface area contributed by atoms with Crippen LogP contribution in [0.3, 0.4) is 0 Å². The number of phosphoric acid groups is 1. The predicted molar refractivity (Wildman–Crippen MR) is 220 cm³/mol. The number of allylic oxidation sites excluding steroid dienone is 6. The van der Waals surface area contributed by atoms with Gasteiger partial charge in [0.2, 0.25) is 0 Å². The van der Waals surface area contributed by atoms with Crippen molar-refractivity contribution in [3.63, 3.8) is 0 Å². The number of aliphatic hydroxyl groups excluding tert-OH is 3. The highest BCUT2D eigenvalue weighted by molar-refractivity contribution is 7.47. The molecule has 0 aliphatic rings. The van der Waals surface area contributed by atoms with Gasteiger partial charge in [0.15, 0.2) is 6.10 Å². The van der Waals surface area contributed by atoms with Crippen LogP contribution in [-0.2, 0) is 32.7 Å². The summed E-state index contributed by atoms with van der Waals surface area (Å²) in [6.45, 7) is 4.52. The Bertz CT molecular complexity index is 1090. The summed E-state index contributed by atoms with van der Waals surface area (Å²) in [7, 11) is -4.64. The average molecular weight is 801 g/mol. The summed E-state index contributed by atoms with van der Waals surface area (Å²) in [5.41, 5.74) is 0. The number of unbranched alkanes of at least 4 members (excludes halogenated alkanes) is 13. The van der Waals surface area contributed by atoms with Crippen molar-refractivity contribution in [2.75, 3.05) is 26.4 Å². The van der Waals surface area contributed by atoms with Gasteiger partial charge in [-0.25, -0.2) is 4.57 Å². The Morgan fingerprint density at radius 2 is 1.31 bits per heavy atom. The number of phosphoric ester groups is 1. The van der Waals surface area contributed by atoms with Crippen LogP contribution in [0.2, 0.25) is 0 Å². The molecule has 55 heavy (non-hydrogen) atoms. The number of rotatable bonds is 38. The lowest BCUT2D eigenvalue weighted by Gasteiger charge is -2.20. The molecule has 0 saturated carbocycles. The molecule has 12 heteroatoms. The summed E-state index contributed by atoms with van der Waals surface area (Å²) in [6.07, 6.45) is 33.9. The summed E-state index contributed by atoms with van der Waals surface area (Å²) in [5.74, 6) is -0.205. The molecule has 2 unspecified atom stereocenters. The zero-order chi connectivity index (χ0) is 40.8. The van der Waals surface area contributed by atoms with Gasteiger partial charge in [-0.3, -0.25) is 18.6 Å². The average Bonchev–Trinajstić information content (AvgIpc) is 3.17. The van der Waals surface area contributed by atoms with E-state index in [0.717, 1.165) is 31.6 Å². The third-order valence-electron chi connectivity index (χ3n) is 9.11. The van der Waals surface area contributed by atoms with Crippen molar-refractivity contribution >= 4 is 19.8 Å². The molecule has 4 N–H and O–H groups in total. The minimum absolute atomic E-state index is 0.131. The van der Waals surface area contributed by atoms with Gasteiger partial charge in [-0.1, -0.05) is 153 Å². The van der Waals surface area contributed by atoms with Crippen LogP contribution in [0.25, 0.3) is 0 Å². The van der Waals surface area contributed by atoms with Gasteiger partial charge in [-0.2, -0.15) is 0 Å². The van der Waals surface area contributed by atoms with E-state index in [-0.39, 0.29) is 19.4 Å². The SMILES string of the molecule is CCCCC/C=C\C=C/[C@@H](O)C/C=C\C/C=C/CCCC(=O)OC[C@H](COP(=O)(O)OC[C@@H](O)CO)OC(=O)CCCCCCCCCCCCC(C)CC. The van der Waals surface area contributed by atoms with Crippen LogP contribution in [0.4, 0.5) is 0 Å². The third-order valence-corrected chi connectivity index (χ3v) is 10.1. The summed E-state index contributed by atoms with van der Waals surface area (Å²) >= 11 is 0. The Morgan fingerprint density at radius 1 is 0.691 bits per heavy atom. The van der Waals surface area contributed by atoms with Crippen molar-refractivity contribution in [1.29, 1.82) is 0 Å². The molecule has 0 aromatic carbocycles. The highest BCUT2D eigenvalue weighted by Gasteiger charge is 2.27. The lowest BCUT2D eigenvalue weighted by molar-refractivity contribution is -0.161. The van der Waals surface area contributed by atoms with Gasteiger partial charge in [-0.15, -0.1) is 0 Å². The van der Waals surface area contributed by atoms with Gasteiger partial charge in [0.05, 0.1) is 25.9 Å². The highest BCUT2D eigenvalue weighted by atomic mass is 31.2. The minimum Gasteiger partial charge on any atom is -0.462 e. The number of hydrogen-bond donors (Lipinski definition) is 4. The Hall–Kier alpha value is -2.11. The lowest BCUT2D eigenvalue weighted by Crippen LogP contribution is -2.29. The topological polar surface area (TPSA) is 169 Å².